The third kappa shape index (κ3) is 2.52. The van der Waals surface area contributed by atoms with Crippen molar-refractivity contribution in [2.75, 3.05) is 0 Å². The van der Waals surface area contributed by atoms with E-state index in [4.69, 9.17) is 0 Å². The van der Waals surface area contributed by atoms with E-state index >= 15 is 0 Å². The topological polar surface area (TPSA) is 49.3 Å². The van der Waals surface area contributed by atoms with Crippen molar-refractivity contribution in [3.05, 3.63) is 11.6 Å². The predicted octanol–water partition coefficient (Wildman–Crippen LogP) is 4.06. The van der Waals surface area contributed by atoms with Crippen LogP contribution in [0.25, 0.3) is 0 Å². The Morgan fingerprint density at radius 1 is 1.24 bits per heavy atom. The number of hydrogen-bond acceptors (Lipinski definition) is 2. The van der Waals surface area contributed by atoms with Crippen molar-refractivity contribution in [2.24, 2.45) is 34.5 Å². The second-order valence-corrected chi connectivity index (χ2v) is 10.1. The first-order valence-electron chi connectivity index (χ1n) is 10.4. The van der Waals surface area contributed by atoms with Gasteiger partial charge in [-0.3, -0.25) is 4.79 Å². The summed E-state index contributed by atoms with van der Waals surface area (Å²) in [6, 6.07) is 0.335. The van der Waals surface area contributed by atoms with E-state index in [0.717, 1.165) is 37.0 Å². The van der Waals surface area contributed by atoms with Gasteiger partial charge >= 0.3 is 0 Å². The van der Waals surface area contributed by atoms with Crippen molar-refractivity contribution >= 4 is 5.91 Å². The lowest BCUT2D eigenvalue weighted by molar-refractivity contribution is -0.121. The lowest BCUT2D eigenvalue weighted by Gasteiger charge is -2.58. The van der Waals surface area contributed by atoms with Gasteiger partial charge in [-0.15, -0.1) is 0 Å². The number of amides is 1. The Morgan fingerprint density at radius 3 is 2.72 bits per heavy atom. The monoisotopic (exact) mass is 345 g/mol. The van der Waals surface area contributed by atoms with Crippen molar-refractivity contribution in [1.29, 1.82) is 0 Å². The van der Waals surface area contributed by atoms with Gasteiger partial charge in [-0.25, -0.2) is 0 Å². The number of carbonyl (C=O) groups is 1. The van der Waals surface area contributed by atoms with Crippen molar-refractivity contribution in [1.82, 2.24) is 5.32 Å². The maximum atomic E-state index is 11.8. The molecule has 140 valence electrons. The van der Waals surface area contributed by atoms with E-state index in [0.29, 0.717) is 17.4 Å². The van der Waals surface area contributed by atoms with Crippen molar-refractivity contribution in [3.8, 4) is 0 Å². The Hall–Kier alpha value is -0.830. The molecule has 0 aromatic rings. The van der Waals surface area contributed by atoms with Gasteiger partial charge < -0.3 is 10.4 Å². The summed E-state index contributed by atoms with van der Waals surface area (Å²) in [5.41, 5.74) is 2.10. The molecule has 0 spiro atoms. The molecule has 0 radical (unpaired) electrons. The molecule has 0 unspecified atom stereocenters. The number of nitrogens with one attached hydrogen (secondary N) is 1. The molecule has 0 aromatic carbocycles. The molecule has 4 aliphatic rings. The van der Waals surface area contributed by atoms with E-state index in [-0.39, 0.29) is 17.4 Å². The second kappa shape index (κ2) is 5.84. The molecule has 0 heterocycles. The minimum absolute atomic E-state index is 0.125. The zero-order chi connectivity index (χ0) is 18.0. The molecule has 4 rings (SSSR count). The average Bonchev–Trinajstić information content (AvgIpc) is 2.79. The minimum Gasteiger partial charge on any atom is -0.393 e. The van der Waals surface area contributed by atoms with Gasteiger partial charge in [0.25, 0.3) is 0 Å². The van der Waals surface area contributed by atoms with E-state index in [9.17, 15) is 9.90 Å². The Bertz CT molecular complexity index is 599. The molecule has 0 bridgehead atoms. The fourth-order valence-corrected chi connectivity index (χ4v) is 7.53. The Morgan fingerprint density at radius 2 is 2.00 bits per heavy atom. The first-order valence-corrected chi connectivity index (χ1v) is 10.4. The molecule has 3 heteroatoms. The highest BCUT2D eigenvalue weighted by Gasteiger charge is 2.60. The van der Waals surface area contributed by atoms with Crippen LogP contribution in [0.2, 0.25) is 0 Å². The van der Waals surface area contributed by atoms with E-state index in [1.54, 1.807) is 12.5 Å². The standard InChI is InChI=1S/C22H35NO2/c1-13-11-19-17-6-5-15-12-16(25)7-9-21(15,3)18(17)8-10-22(19,4)20(13)23-14(2)24/h5,13,16-20,25H,6-12H2,1-4H3,(H,23,24)/t13-,16+,17-,18+,19+,20-,21+,22+/m1/s1. The maximum Gasteiger partial charge on any atom is 0.217 e. The van der Waals surface area contributed by atoms with Gasteiger partial charge in [0.15, 0.2) is 0 Å². The van der Waals surface area contributed by atoms with Gasteiger partial charge in [-0.1, -0.05) is 32.4 Å². The largest absolute Gasteiger partial charge is 0.393 e. The molecule has 4 aliphatic carbocycles. The smallest absolute Gasteiger partial charge is 0.217 e. The van der Waals surface area contributed by atoms with Crippen LogP contribution < -0.4 is 5.32 Å². The van der Waals surface area contributed by atoms with Gasteiger partial charge in [-0.2, -0.15) is 0 Å². The normalized spacial score (nSPS) is 51.8. The summed E-state index contributed by atoms with van der Waals surface area (Å²) in [6.45, 7) is 8.93. The molecule has 3 nitrogen and oxygen atoms in total. The molecule has 0 aliphatic heterocycles. The minimum atomic E-state index is -0.125. The quantitative estimate of drug-likeness (QED) is 0.704. The number of aliphatic hydroxyl groups excluding tert-OH is 1. The predicted molar refractivity (Wildman–Crippen MR) is 99.9 cm³/mol. The van der Waals surface area contributed by atoms with Crippen LogP contribution in [0.3, 0.4) is 0 Å². The summed E-state index contributed by atoms with van der Waals surface area (Å²) in [4.78, 5) is 11.8. The summed E-state index contributed by atoms with van der Waals surface area (Å²) in [6.07, 6.45) is 10.3. The van der Waals surface area contributed by atoms with E-state index in [1.165, 1.54) is 25.7 Å². The van der Waals surface area contributed by atoms with Gasteiger partial charge in [0, 0.05) is 13.0 Å². The Kier molecular flexibility index (Phi) is 4.10. The third-order valence-corrected chi connectivity index (χ3v) is 8.78. The molecule has 1 amide bonds. The van der Waals surface area contributed by atoms with E-state index in [2.05, 4.69) is 32.2 Å². The number of carbonyl (C=O) groups excluding carboxylic acids is 1. The zero-order valence-electron chi connectivity index (χ0n) is 16.3. The SMILES string of the molecule is CC(=O)N[C@@H]1[C@H](C)C[C@H]2[C@@H]3CC=C4C[C@@H](O)CC[C@]4(C)[C@H]3CC[C@]12C. The molecule has 2 N–H and O–H groups in total. The number of hydrogen-bond donors (Lipinski definition) is 2. The Balaban J connectivity index is 1.64. The van der Waals surface area contributed by atoms with Crippen LogP contribution in [0.15, 0.2) is 11.6 Å². The molecular weight excluding hydrogens is 310 g/mol. The van der Waals surface area contributed by atoms with Gasteiger partial charge in [-0.05, 0) is 79.4 Å². The number of rotatable bonds is 1. The van der Waals surface area contributed by atoms with Crippen LogP contribution in [-0.2, 0) is 4.79 Å². The molecule has 3 fully saturated rings. The van der Waals surface area contributed by atoms with Crippen LogP contribution in [0.4, 0.5) is 0 Å². The van der Waals surface area contributed by atoms with Crippen LogP contribution in [-0.4, -0.2) is 23.2 Å². The Labute approximate surface area is 152 Å². The molecule has 3 saturated carbocycles. The summed E-state index contributed by atoms with van der Waals surface area (Å²) in [5, 5.41) is 13.4. The van der Waals surface area contributed by atoms with Crippen molar-refractivity contribution in [3.63, 3.8) is 0 Å². The van der Waals surface area contributed by atoms with Gasteiger partial charge in [0.1, 0.15) is 0 Å². The summed E-state index contributed by atoms with van der Waals surface area (Å²) in [7, 11) is 0. The maximum absolute atomic E-state index is 11.8. The number of aliphatic hydroxyl groups is 1. The van der Waals surface area contributed by atoms with Crippen LogP contribution in [0.5, 0.6) is 0 Å². The molecule has 0 saturated heterocycles. The molecule has 8 atom stereocenters. The third-order valence-electron chi connectivity index (χ3n) is 8.78. The highest BCUT2D eigenvalue weighted by Crippen LogP contribution is 2.65. The average molecular weight is 346 g/mol. The first kappa shape index (κ1) is 17.6. The lowest BCUT2D eigenvalue weighted by atomic mass is 9.48. The van der Waals surface area contributed by atoms with Gasteiger partial charge in [0.05, 0.1) is 6.10 Å². The fourth-order valence-electron chi connectivity index (χ4n) is 7.53. The second-order valence-electron chi connectivity index (χ2n) is 10.1. The summed E-state index contributed by atoms with van der Waals surface area (Å²) >= 11 is 0. The number of allylic oxidation sites excluding steroid dienone is 1. The van der Waals surface area contributed by atoms with Crippen molar-refractivity contribution < 1.29 is 9.90 Å². The van der Waals surface area contributed by atoms with Crippen molar-refractivity contribution in [2.45, 2.75) is 84.8 Å². The molecule has 25 heavy (non-hydrogen) atoms. The zero-order valence-corrected chi connectivity index (χ0v) is 16.3. The lowest BCUT2D eigenvalue weighted by Crippen LogP contribution is -2.54. The van der Waals surface area contributed by atoms with E-state index in [1.807, 2.05) is 0 Å². The van der Waals surface area contributed by atoms with E-state index < -0.39 is 0 Å². The molecule has 0 aromatic heterocycles. The van der Waals surface area contributed by atoms with Gasteiger partial charge in [0.2, 0.25) is 5.91 Å². The summed E-state index contributed by atoms with van der Waals surface area (Å²) in [5.74, 6) is 2.94. The van der Waals surface area contributed by atoms with Crippen LogP contribution in [0, 0.1) is 34.5 Å². The number of fused-ring (bicyclic) bond motifs is 5. The first-order chi connectivity index (χ1) is 11.8. The molecular formula is C22H35NO2. The van der Waals surface area contributed by atoms with Crippen LogP contribution >= 0.6 is 0 Å². The highest BCUT2D eigenvalue weighted by molar-refractivity contribution is 5.73. The fraction of sp³-hybridized carbons (Fsp3) is 0.864. The summed E-state index contributed by atoms with van der Waals surface area (Å²) < 4.78 is 0. The van der Waals surface area contributed by atoms with Crippen LogP contribution in [0.1, 0.15) is 72.6 Å². The highest BCUT2D eigenvalue weighted by atomic mass is 16.3.